The van der Waals surface area contributed by atoms with Gasteiger partial charge in [-0.3, -0.25) is 9.59 Å². The summed E-state index contributed by atoms with van der Waals surface area (Å²) in [4.78, 5) is 26.8. The van der Waals surface area contributed by atoms with Crippen LogP contribution in [0.4, 0.5) is 5.69 Å². The number of carbonyl (C=O) groups is 2. The molecule has 0 saturated carbocycles. The molecule has 1 aliphatic rings. The Morgan fingerprint density at radius 2 is 1.70 bits per heavy atom. The van der Waals surface area contributed by atoms with Crippen LogP contribution in [-0.2, 0) is 27.2 Å². The standard InChI is InChI=1S/C23H27NO6/c1-15(23(26)24-12-11-17-7-5-6-8-18(17)24)30-21(25)10-9-16-13-19(27-2)22(29-4)20(14-16)28-3/h5-8,13-15H,9-12H2,1-4H3/t15-/m0/s1. The SMILES string of the molecule is COc1cc(CCC(=O)O[C@@H](C)C(=O)N2CCc3ccccc32)cc(OC)c1OC. The number of nitrogens with zero attached hydrogens (tertiary/aromatic N) is 1. The largest absolute Gasteiger partial charge is 0.493 e. The Bertz CT molecular complexity index is 901. The summed E-state index contributed by atoms with van der Waals surface area (Å²) in [7, 11) is 4.62. The first-order chi connectivity index (χ1) is 14.5. The molecule has 7 nitrogen and oxygen atoms in total. The highest BCUT2D eigenvalue weighted by atomic mass is 16.5. The average molecular weight is 413 g/mol. The Morgan fingerprint density at radius 3 is 2.33 bits per heavy atom. The first-order valence-corrected chi connectivity index (χ1v) is 9.86. The predicted octanol–water partition coefficient (Wildman–Crippen LogP) is 3.17. The fraction of sp³-hybridized carbons (Fsp3) is 0.391. The molecule has 2 aromatic rings. The van der Waals surface area contributed by atoms with Crippen molar-refractivity contribution >= 4 is 17.6 Å². The van der Waals surface area contributed by atoms with Crippen molar-refractivity contribution in [3.8, 4) is 17.2 Å². The van der Waals surface area contributed by atoms with Gasteiger partial charge in [-0.25, -0.2) is 0 Å². The van der Waals surface area contributed by atoms with Crippen molar-refractivity contribution in [2.24, 2.45) is 0 Å². The van der Waals surface area contributed by atoms with Gasteiger partial charge in [-0.05, 0) is 49.1 Å². The minimum absolute atomic E-state index is 0.132. The van der Waals surface area contributed by atoms with Gasteiger partial charge in [-0.15, -0.1) is 0 Å². The molecular formula is C23H27NO6. The first kappa shape index (κ1) is 21.5. The fourth-order valence-electron chi connectivity index (χ4n) is 3.62. The molecule has 0 saturated heterocycles. The molecule has 0 spiro atoms. The summed E-state index contributed by atoms with van der Waals surface area (Å²) in [6.07, 6.45) is 0.517. The maximum absolute atomic E-state index is 12.8. The van der Waals surface area contributed by atoms with Gasteiger partial charge in [0, 0.05) is 18.7 Å². The highest BCUT2D eigenvalue weighted by molar-refractivity contribution is 5.99. The van der Waals surface area contributed by atoms with E-state index >= 15 is 0 Å². The van der Waals surface area contributed by atoms with Crippen molar-refractivity contribution in [2.45, 2.75) is 32.3 Å². The second-order valence-corrected chi connectivity index (χ2v) is 7.03. The van der Waals surface area contributed by atoms with Crippen molar-refractivity contribution in [1.82, 2.24) is 0 Å². The van der Waals surface area contributed by atoms with E-state index in [1.807, 2.05) is 24.3 Å². The van der Waals surface area contributed by atoms with Crippen LogP contribution in [0.5, 0.6) is 17.2 Å². The molecular weight excluding hydrogens is 386 g/mol. The molecule has 7 heteroatoms. The van der Waals surface area contributed by atoms with Gasteiger partial charge in [0.2, 0.25) is 5.75 Å². The Hall–Kier alpha value is -3.22. The number of benzene rings is 2. The second kappa shape index (κ2) is 9.52. The molecule has 1 heterocycles. The maximum atomic E-state index is 12.8. The van der Waals surface area contributed by atoms with E-state index in [4.69, 9.17) is 18.9 Å². The number of para-hydroxylation sites is 1. The maximum Gasteiger partial charge on any atom is 0.306 e. The summed E-state index contributed by atoms with van der Waals surface area (Å²) >= 11 is 0. The van der Waals surface area contributed by atoms with Gasteiger partial charge in [-0.2, -0.15) is 0 Å². The third-order valence-electron chi connectivity index (χ3n) is 5.15. The van der Waals surface area contributed by atoms with Crippen LogP contribution in [-0.4, -0.2) is 45.9 Å². The molecule has 0 N–H and O–H groups in total. The zero-order valence-corrected chi connectivity index (χ0v) is 17.8. The molecule has 160 valence electrons. The summed E-state index contributed by atoms with van der Waals surface area (Å²) in [5.74, 6) is 0.905. The summed E-state index contributed by atoms with van der Waals surface area (Å²) < 4.78 is 21.4. The molecule has 30 heavy (non-hydrogen) atoms. The van der Waals surface area contributed by atoms with Crippen LogP contribution in [0.25, 0.3) is 0 Å². The van der Waals surface area contributed by atoms with Gasteiger partial charge in [0.15, 0.2) is 17.6 Å². The Labute approximate surface area is 176 Å². The molecule has 0 bridgehead atoms. The topological polar surface area (TPSA) is 74.3 Å². The van der Waals surface area contributed by atoms with Crippen molar-refractivity contribution in [3.63, 3.8) is 0 Å². The number of hydrogen-bond donors (Lipinski definition) is 0. The lowest BCUT2D eigenvalue weighted by Crippen LogP contribution is -2.39. The average Bonchev–Trinajstić information content (AvgIpc) is 3.20. The van der Waals surface area contributed by atoms with E-state index in [0.717, 1.165) is 23.2 Å². The molecule has 0 radical (unpaired) electrons. The predicted molar refractivity (Wildman–Crippen MR) is 112 cm³/mol. The summed E-state index contributed by atoms with van der Waals surface area (Å²) in [6.45, 7) is 2.21. The van der Waals surface area contributed by atoms with Gasteiger partial charge in [0.05, 0.1) is 21.3 Å². The molecule has 0 aliphatic carbocycles. The van der Waals surface area contributed by atoms with Crippen molar-refractivity contribution in [2.75, 3.05) is 32.8 Å². The first-order valence-electron chi connectivity index (χ1n) is 9.86. The van der Waals surface area contributed by atoms with E-state index in [-0.39, 0.29) is 12.3 Å². The minimum Gasteiger partial charge on any atom is -0.493 e. The molecule has 0 unspecified atom stereocenters. The van der Waals surface area contributed by atoms with E-state index in [1.165, 1.54) is 7.11 Å². The van der Waals surface area contributed by atoms with Crippen molar-refractivity contribution < 1.29 is 28.5 Å². The Balaban J connectivity index is 1.59. The van der Waals surface area contributed by atoms with Gasteiger partial charge in [0.25, 0.3) is 5.91 Å². The normalized spacial score (nSPS) is 13.4. The van der Waals surface area contributed by atoms with Crippen molar-refractivity contribution in [1.29, 1.82) is 0 Å². The van der Waals surface area contributed by atoms with Crippen LogP contribution in [0.2, 0.25) is 0 Å². The molecule has 0 aromatic heterocycles. The van der Waals surface area contributed by atoms with Crippen LogP contribution in [0.1, 0.15) is 24.5 Å². The number of hydrogen-bond acceptors (Lipinski definition) is 6. The number of carbonyl (C=O) groups excluding carboxylic acids is 2. The monoisotopic (exact) mass is 413 g/mol. The molecule has 0 fully saturated rings. The molecule has 3 rings (SSSR count). The van der Waals surface area contributed by atoms with Gasteiger partial charge in [-0.1, -0.05) is 18.2 Å². The lowest BCUT2D eigenvalue weighted by Gasteiger charge is -2.21. The number of aryl methyl sites for hydroxylation is 1. The van der Waals surface area contributed by atoms with Crippen LogP contribution < -0.4 is 19.1 Å². The minimum atomic E-state index is -0.844. The highest BCUT2D eigenvalue weighted by Crippen LogP contribution is 2.38. The van der Waals surface area contributed by atoms with Crippen molar-refractivity contribution in [3.05, 3.63) is 47.5 Å². The van der Waals surface area contributed by atoms with E-state index in [9.17, 15) is 9.59 Å². The number of fused-ring (bicyclic) bond motifs is 1. The number of esters is 1. The summed E-state index contributed by atoms with van der Waals surface area (Å²) in [6, 6.07) is 11.4. The lowest BCUT2D eigenvalue weighted by molar-refractivity contribution is -0.153. The molecule has 1 atom stereocenters. The number of ether oxygens (including phenoxy) is 4. The molecule has 1 aliphatic heterocycles. The number of anilines is 1. The smallest absolute Gasteiger partial charge is 0.306 e. The molecule has 1 amide bonds. The third kappa shape index (κ3) is 4.50. The Kier molecular flexibility index (Phi) is 6.82. The lowest BCUT2D eigenvalue weighted by atomic mass is 10.1. The van der Waals surface area contributed by atoms with Crippen LogP contribution in [0.15, 0.2) is 36.4 Å². The quantitative estimate of drug-likeness (QED) is 0.619. The van der Waals surface area contributed by atoms with E-state index in [1.54, 1.807) is 38.2 Å². The van der Waals surface area contributed by atoms with Crippen LogP contribution >= 0.6 is 0 Å². The fourth-order valence-corrected chi connectivity index (χ4v) is 3.62. The summed E-state index contributed by atoms with van der Waals surface area (Å²) in [5.41, 5.74) is 2.86. The van der Waals surface area contributed by atoms with E-state index in [2.05, 4.69) is 0 Å². The molecule has 2 aromatic carbocycles. The zero-order chi connectivity index (χ0) is 21.7. The zero-order valence-electron chi connectivity index (χ0n) is 17.8. The Morgan fingerprint density at radius 1 is 1.03 bits per heavy atom. The van der Waals surface area contributed by atoms with E-state index < -0.39 is 12.1 Å². The van der Waals surface area contributed by atoms with Gasteiger partial charge >= 0.3 is 5.97 Å². The van der Waals surface area contributed by atoms with Crippen LogP contribution in [0, 0.1) is 0 Å². The number of methoxy groups -OCH3 is 3. The number of rotatable bonds is 8. The van der Waals surface area contributed by atoms with E-state index in [0.29, 0.717) is 30.2 Å². The number of amides is 1. The second-order valence-electron chi connectivity index (χ2n) is 7.03. The third-order valence-corrected chi connectivity index (χ3v) is 5.15. The van der Waals surface area contributed by atoms with Gasteiger partial charge in [0.1, 0.15) is 0 Å². The summed E-state index contributed by atoms with van der Waals surface area (Å²) in [5, 5.41) is 0. The highest BCUT2D eigenvalue weighted by Gasteiger charge is 2.29. The van der Waals surface area contributed by atoms with Gasteiger partial charge < -0.3 is 23.8 Å². The van der Waals surface area contributed by atoms with Crippen LogP contribution in [0.3, 0.4) is 0 Å².